The highest BCUT2D eigenvalue weighted by Gasteiger charge is 2.55. The van der Waals surface area contributed by atoms with Crippen LogP contribution in [-0.4, -0.2) is 58.6 Å². The normalized spacial score (nSPS) is 19.5. The summed E-state index contributed by atoms with van der Waals surface area (Å²) in [6, 6.07) is 40.0. The monoisotopic (exact) mass is 740 g/mol. The molecule has 0 amide bonds. The molecule has 1 aliphatic rings. The molecule has 0 radical (unpaired) electrons. The van der Waals surface area contributed by atoms with E-state index < -0.39 is 44.3 Å². The molecule has 272 valence electrons. The van der Waals surface area contributed by atoms with Gasteiger partial charge in [0.25, 0.3) is 0 Å². The van der Waals surface area contributed by atoms with Crippen LogP contribution in [0.15, 0.2) is 149 Å². The minimum atomic E-state index is -4.26. The van der Waals surface area contributed by atoms with Crippen LogP contribution in [-0.2, 0) is 54.1 Å². The van der Waals surface area contributed by atoms with Crippen LogP contribution in [0.3, 0.4) is 0 Å². The van der Waals surface area contributed by atoms with Gasteiger partial charge in [0.2, 0.25) is 20.0 Å². The molecule has 5 aromatic rings. The zero-order chi connectivity index (χ0) is 36.6. The Kier molecular flexibility index (Phi) is 12.3. The molecule has 0 spiro atoms. The molecule has 1 saturated heterocycles. The molecule has 1 heterocycles. The van der Waals surface area contributed by atoms with Crippen LogP contribution in [0.1, 0.15) is 27.8 Å². The third-order valence-electron chi connectivity index (χ3n) is 9.12. The number of hydrogen-bond donors (Lipinski definition) is 1. The Morgan fingerprint density at radius 3 is 1.44 bits per heavy atom. The van der Waals surface area contributed by atoms with Crippen LogP contribution in [0.2, 0.25) is 0 Å². The first kappa shape index (κ1) is 37.6. The molecule has 52 heavy (non-hydrogen) atoms. The first-order valence-electron chi connectivity index (χ1n) is 17.2. The Balaban J connectivity index is 1.42. The largest absolute Gasteiger partial charge is 0.375 e. The quantitative estimate of drug-likeness (QED) is 0.125. The fourth-order valence-corrected chi connectivity index (χ4v) is 9.21. The van der Waals surface area contributed by atoms with Crippen molar-refractivity contribution < 1.29 is 31.0 Å². The third kappa shape index (κ3) is 9.23. The highest BCUT2D eigenvalue weighted by atomic mass is 32.2. The molecule has 11 heteroatoms. The van der Waals surface area contributed by atoms with Gasteiger partial charge in [0.05, 0.1) is 48.3 Å². The summed E-state index contributed by atoms with van der Waals surface area (Å²) in [7, 11) is -8.30. The van der Waals surface area contributed by atoms with E-state index in [9.17, 15) is 16.8 Å². The van der Waals surface area contributed by atoms with Crippen molar-refractivity contribution in [1.82, 2.24) is 9.03 Å². The number of benzene rings is 5. The molecule has 0 unspecified atom stereocenters. The number of sulfonamides is 2. The van der Waals surface area contributed by atoms with E-state index in [-0.39, 0.29) is 42.8 Å². The lowest BCUT2D eigenvalue weighted by Crippen LogP contribution is -2.50. The van der Waals surface area contributed by atoms with E-state index in [0.29, 0.717) is 0 Å². The van der Waals surface area contributed by atoms with Gasteiger partial charge in [0.15, 0.2) is 0 Å². The summed E-state index contributed by atoms with van der Waals surface area (Å²) in [6.07, 6.45) is -1.73. The maximum Gasteiger partial charge on any atom is 0.243 e. The van der Waals surface area contributed by atoms with Crippen molar-refractivity contribution in [3.8, 4) is 0 Å². The SMILES string of the molecule is Cc1ccc(S(=O)(=O)NC[C@H]2[C@@H](OCc3ccccc3)[C@H](OCc3ccccc3)[C@H](COCc3ccccc3)N2S(=O)(=O)c2ccc(C)cc2)cc1. The number of rotatable bonds is 16. The molecular weight excluding hydrogens is 697 g/mol. The summed E-state index contributed by atoms with van der Waals surface area (Å²) >= 11 is 0. The minimum absolute atomic E-state index is 0.0359. The highest BCUT2D eigenvalue weighted by Crippen LogP contribution is 2.37. The molecule has 1 N–H and O–H groups in total. The molecule has 0 bridgehead atoms. The van der Waals surface area contributed by atoms with Gasteiger partial charge in [-0.25, -0.2) is 21.6 Å². The van der Waals surface area contributed by atoms with E-state index in [1.807, 2.05) is 105 Å². The lowest BCUT2D eigenvalue weighted by atomic mass is 10.1. The average Bonchev–Trinajstić information content (AvgIpc) is 3.46. The second-order valence-electron chi connectivity index (χ2n) is 13.0. The first-order chi connectivity index (χ1) is 25.1. The number of ether oxygens (including phenoxy) is 3. The van der Waals surface area contributed by atoms with Crippen LogP contribution >= 0.6 is 0 Å². The average molecular weight is 741 g/mol. The van der Waals surface area contributed by atoms with E-state index >= 15 is 0 Å². The zero-order valence-electron chi connectivity index (χ0n) is 29.2. The van der Waals surface area contributed by atoms with Crippen molar-refractivity contribution in [2.75, 3.05) is 13.2 Å². The molecule has 5 aromatic carbocycles. The lowest BCUT2D eigenvalue weighted by Gasteiger charge is -2.30. The first-order valence-corrected chi connectivity index (χ1v) is 20.1. The molecule has 4 atom stereocenters. The van der Waals surface area contributed by atoms with Gasteiger partial charge >= 0.3 is 0 Å². The summed E-state index contributed by atoms with van der Waals surface area (Å²) in [5.41, 5.74) is 4.51. The van der Waals surface area contributed by atoms with E-state index in [2.05, 4.69) is 4.72 Å². The van der Waals surface area contributed by atoms with Gasteiger partial charge in [0.1, 0.15) is 12.2 Å². The number of hydrogen-bond acceptors (Lipinski definition) is 7. The van der Waals surface area contributed by atoms with Crippen LogP contribution < -0.4 is 4.72 Å². The summed E-state index contributed by atoms with van der Waals surface area (Å²) in [6.45, 7) is 4.00. The van der Waals surface area contributed by atoms with Gasteiger partial charge < -0.3 is 14.2 Å². The van der Waals surface area contributed by atoms with Crippen LogP contribution in [0.4, 0.5) is 0 Å². The second-order valence-corrected chi connectivity index (χ2v) is 16.6. The molecule has 6 rings (SSSR count). The molecular formula is C41H44N2O7S2. The smallest absolute Gasteiger partial charge is 0.243 e. The Hall–Kier alpha value is -4.20. The summed E-state index contributed by atoms with van der Waals surface area (Å²) in [5.74, 6) is 0. The highest BCUT2D eigenvalue weighted by molar-refractivity contribution is 7.89. The zero-order valence-corrected chi connectivity index (χ0v) is 30.9. The number of nitrogens with zero attached hydrogens (tertiary/aromatic N) is 1. The Bertz CT molecular complexity index is 2080. The van der Waals surface area contributed by atoms with Crippen LogP contribution in [0.5, 0.6) is 0 Å². The Morgan fingerprint density at radius 1 is 0.538 bits per heavy atom. The van der Waals surface area contributed by atoms with E-state index in [0.717, 1.165) is 27.8 Å². The molecule has 1 fully saturated rings. The second kappa shape index (κ2) is 17.1. The molecule has 1 aliphatic heterocycles. The summed E-state index contributed by atoms with van der Waals surface area (Å²) in [5, 5.41) is 0. The Morgan fingerprint density at radius 2 is 0.962 bits per heavy atom. The van der Waals surface area contributed by atoms with E-state index in [1.165, 1.54) is 16.4 Å². The minimum Gasteiger partial charge on any atom is -0.375 e. The van der Waals surface area contributed by atoms with E-state index in [1.54, 1.807) is 36.4 Å². The van der Waals surface area contributed by atoms with Crippen LogP contribution in [0.25, 0.3) is 0 Å². The third-order valence-corrected chi connectivity index (χ3v) is 12.5. The van der Waals surface area contributed by atoms with Gasteiger partial charge in [-0.3, -0.25) is 0 Å². The van der Waals surface area contributed by atoms with Crippen molar-refractivity contribution >= 4 is 20.0 Å². The van der Waals surface area contributed by atoms with Crippen LogP contribution in [0, 0.1) is 13.8 Å². The molecule has 0 aliphatic carbocycles. The van der Waals surface area contributed by atoms with Crippen molar-refractivity contribution in [3.63, 3.8) is 0 Å². The predicted octanol–water partition coefficient (Wildman–Crippen LogP) is 6.41. The number of aryl methyl sites for hydroxylation is 2. The van der Waals surface area contributed by atoms with Crippen molar-refractivity contribution in [2.45, 2.75) is 67.8 Å². The lowest BCUT2D eigenvalue weighted by molar-refractivity contribution is -0.0856. The fraction of sp³-hybridized carbons (Fsp3) is 0.268. The summed E-state index contributed by atoms with van der Waals surface area (Å²) < 4.78 is 80.7. The summed E-state index contributed by atoms with van der Waals surface area (Å²) in [4.78, 5) is 0.147. The van der Waals surface area contributed by atoms with Gasteiger partial charge in [0, 0.05) is 6.54 Å². The molecule has 0 saturated carbocycles. The fourth-order valence-electron chi connectivity index (χ4n) is 6.35. The topological polar surface area (TPSA) is 111 Å². The standard InChI is InChI=1S/C41H44N2O7S2/c1-31-18-22-36(23-19-31)51(44,45)42-26-38-40(49-28-34-14-8-4-9-15-34)41(50-29-35-16-10-5-11-17-35)39(30-48-27-33-12-6-3-7-13-33)43(38)52(46,47)37-24-20-32(2)21-25-37/h3-25,38-42H,26-30H2,1-2H3/t38-,39-,40+,41+/m0/s1. The Labute approximate surface area is 307 Å². The van der Waals surface area contributed by atoms with Crippen molar-refractivity contribution in [1.29, 1.82) is 0 Å². The van der Waals surface area contributed by atoms with Crippen molar-refractivity contribution in [2.24, 2.45) is 0 Å². The maximum absolute atomic E-state index is 14.9. The van der Waals surface area contributed by atoms with Gasteiger partial charge in [-0.15, -0.1) is 0 Å². The predicted molar refractivity (Wildman–Crippen MR) is 200 cm³/mol. The van der Waals surface area contributed by atoms with Gasteiger partial charge in [-0.1, -0.05) is 126 Å². The van der Waals surface area contributed by atoms with E-state index in [4.69, 9.17) is 14.2 Å². The molecule has 9 nitrogen and oxygen atoms in total. The van der Waals surface area contributed by atoms with Gasteiger partial charge in [-0.05, 0) is 54.8 Å². The maximum atomic E-state index is 14.9. The van der Waals surface area contributed by atoms with Gasteiger partial charge in [-0.2, -0.15) is 4.31 Å². The van der Waals surface area contributed by atoms with Crippen molar-refractivity contribution in [3.05, 3.63) is 167 Å². The molecule has 0 aromatic heterocycles. The number of nitrogens with one attached hydrogen (secondary N) is 1.